The number of aromatic nitrogens is 2. The third-order valence-corrected chi connectivity index (χ3v) is 4.40. The molecule has 3 aromatic rings. The number of imidazole rings is 1. The summed E-state index contributed by atoms with van der Waals surface area (Å²) in [5.41, 5.74) is 1.24. The molecule has 1 N–H and O–H groups in total. The highest BCUT2D eigenvalue weighted by Crippen LogP contribution is 2.38. The maximum atomic E-state index is 12.7. The Kier molecular flexibility index (Phi) is 4.74. The van der Waals surface area contributed by atoms with Crippen molar-refractivity contribution < 1.29 is 22.8 Å². The molecule has 0 amide bonds. The first-order valence-corrected chi connectivity index (χ1v) is 8.34. The zero-order chi connectivity index (χ0) is 18.2. The van der Waals surface area contributed by atoms with Crippen LogP contribution >= 0.6 is 31.9 Å². The van der Waals surface area contributed by atoms with Crippen LogP contribution in [0.5, 0.6) is 0 Å². The van der Waals surface area contributed by atoms with E-state index in [1.807, 2.05) is 0 Å². The van der Waals surface area contributed by atoms with Crippen molar-refractivity contribution in [3.8, 4) is 0 Å². The van der Waals surface area contributed by atoms with Crippen LogP contribution in [-0.4, -0.2) is 22.1 Å². The van der Waals surface area contributed by atoms with Gasteiger partial charge in [0, 0.05) is 8.95 Å². The Bertz CT molecular complexity index is 890. The molecule has 0 aliphatic rings. The van der Waals surface area contributed by atoms with E-state index in [2.05, 4.69) is 46.7 Å². The molecule has 130 valence electrons. The lowest BCUT2D eigenvalue weighted by Crippen LogP contribution is -2.33. The minimum atomic E-state index is -5.15. The number of benzene rings is 2. The third kappa shape index (κ3) is 3.64. The van der Waals surface area contributed by atoms with Gasteiger partial charge in [0.05, 0.1) is 11.0 Å². The van der Waals surface area contributed by atoms with E-state index < -0.39 is 12.1 Å². The van der Waals surface area contributed by atoms with Crippen LogP contribution in [-0.2, 0) is 9.63 Å². The quantitative estimate of drug-likeness (QED) is 0.522. The summed E-state index contributed by atoms with van der Waals surface area (Å²) < 4.78 is 38.9. The molecule has 3 rings (SSSR count). The molecule has 0 radical (unpaired) electrons. The van der Waals surface area contributed by atoms with Gasteiger partial charge in [-0.2, -0.15) is 13.2 Å². The Labute approximate surface area is 156 Å². The second-order valence-electron chi connectivity index (χ2n) is 4.82. The topological polar surface area (TPSA) is 58.2 Å². The van der Waals surface area contributed by atoms with E-state index in [1.54, 1.807) is 42.5 Å². The number of para-hydroxylation sites is 3. The summed E-state index contributed by atoms with van der Waals surface area (Å²) in [4.78, 5) is 23.0. The number of carbonyl (C=O) groups is 1. The van der Waals surface area contributed by atoms with Crippen molar-refractivity contribution in [3.05, 3.63) is 51.4 Å². The average molecular weight is 479 g/mol. The Morgan fingerprint density at radius 3 is 2.32 bits per heavy atom. The predicted molar refractivity (Wildman–Crippen MR) is 92.2 cm³/mol. The van der Waals surface area contributed by atoms with Gasteiger partial charge in [0.25, 0.3) is 0 Å². The zero-order valence-corrected chi connectivity index (χ0v) is 15.3. The summed E-state index contributed by atoms with van der Waals surface area (Å²) in [6, 6.07) is 11.7. The molecule has 10 heteroatoms. The molecule has 0 spiro atoms. The van der Waals surface area contributed by atoms with Crippen molar-refractivity contribution in [1.29, 1.82) is 0 Å². The van der Waals surface area contributed by atoms with Crippen LogP contribution in [0.2, 0.25) is 0 Å². The molecule has 0 aliphatic carbocycles. The molecule has 0 unspecified atom stereocenters. The summed E-state index contributed by atoms with van der Waals surface area (Å²) in [7, 11) is 0. The maximum Gasteiger partial charge on any atom is 0.493 e. The number of hydrogen-bond acceptors (Lipinski definition) is 4. The first-order valence-electron chi connectivity index (χ1n) is 6.75. The van der Waals surface area contributed by atoms with Crippen molar-refractivity contribution in [2.75, 3.05) is 5.06 Å². The molecule has 0 bridgehead atoms. The standard InChI is InChI=1S/C15H8Br2F3N3O2/c16-8-4-3-5-9(17)12(8)23(25-13(24)15(18,19)20)14-21-10-6-1-2-7-11(10)22-14/h1-7H,(H,21,22). The Balaban J connectivity index is 2.13. The van der Waals surface area contributed by atoms with Crippen LogP contribution in [0, 0.1) is 0 Å². The van der Waals surface area contributed by atoms with Gasteiger partial charge >= 0.3 is 12.1 Å². The minimum Gasteiger partial charge on any atom is -0.324 e. The monoisotopic (exact) mass is 477 g/mol. The molecule has 0 fully saturated rings. The SMILES string of the molecule is O=C(ON(c1nc2ccccc2[nH]1)c1c(Br)cccc1Br)C(F)(F)F. The number of nitrogens with one attached hydrogen (secondary N) is 1. The van der Waals surface area contributed by atoms with Crippen molar-refractivity contribution >= 4 is 60.5 Å². The smallest absolute Gasteiger partial charge is 0.324 e. The summed E-state index contributed by atoms with van der Waals surface area (Å²) in [5.74, 6) is -2.44. The number of aromatic amines is 1. The largest absolute Gasteiger partial charge is 0.493 e. The summed E-state index contributed by atoms with van der Waals surface area (Å²) >= 11 is 6.49. The molecule has 0 atom stereocenters. The van der Waals surface area contributed by atoms with E-state index in [1.165, 1.54) is 0 Å². The minimum absolute atomic E-state index is 0.0774. The normalized spacial score (nSPS) is 11.6. The van der Waals surface area contributed by atoms with Gasteiger partial charge in [-0.3, -0.25) is 0 Å². The van der Waals surface area contributed by atoms with Crippen LogP contribution < -0.4 is 5.06 Å². The molecule has 0 saturated carbocycles. The number of fused-ring (bicyclic) bond motifs is 1. The Hall–Kier alpha value is -2.07. The molecule has 5 nitrogen and oxygen atoms in total. The third-order valence-electron chi connectivity index (χ3n) is 3.12. The van der Waals surface area contributed by atoms with Crippen LogP contribution in [0.3, 0.4) is 0 Å². The molecule has 1 aromatic heterocycles. The van der Waals surface area contributed by atoms with Gasteiger partial charge in [0.2, 0.25) is 5.95 Å². The van der Waals surface area contributed by atoms with E-state index in [0.717, 1.165) is 0 Å². The first-order chi connectivity index (χ1) is 11.8. The fourth-order valence-electron chi connectivity index (χ4n) is 2.05. The van der Waals surface area contributed by atoms with E-state index in [4.69, 9.17) is 0 Å². The fourth-order valence-corrected chi connectivity index (χ4v) is 3.37. The molecule has 1 heterocycles. The van der Waals surface area contributed by atoms with Crippen molar-refractivity contribution in [3.63, 3.8) is 0 Å². The molecule has 0 saturated heterocycles. The van der Waals surface area contributed by atoms with Gasteiger partial charge in [0.15, 0.2) is 0 Å². The number of alkyl halides is 3. The highest BCUT2D eigenvalue weighted by molar-refractivity contribution is 9.11. The lowest BCUT2D eigenvalue weighted by Gasteiger charge is -2.23. The van der Waals surface area contributed by atoms with Gasteiger partial charge in [-0.1, -0.05) is 18.2 Å². The Morgan fingerprint density at radius 2 is 1.72 bits per heavy atom. The number of halogens is 5. The van der Waals surface area contributed by atoms with Crippen molar-refractivity contribution in [1.82, 2.24) is 9.97 Å². The lowest BCUT2D eigenvalue weighted by atomic mass is 10.3. The van der Waals surface area contributed by atoms with Gasteiger partial charge in [-0.25, -0.2) is 9.78 Å². The molecule has 2 aromatic carbocycles. The van der Waals surface area contributed by atoms with Crippen molar-refractivity contribution in [2.24, 2.45) is 0 Å². The highest BCUT2D eigenvalue weighted by Gasteiger charge is 2.43. The van der Waals surface area contributed by atoms with Crippen molar-refractivity contribution in [2.45, 2.75) is 6.18 Å². The highest BCUT2D eigenvalue weighted by atomic mass is 79.9. The molecular formula is C15H8Br2F3N3O2. The summed E-state index contributed by atoms with van der Waals surface area (Å²) in [6.45, 7) is 0. The second-order valence-corrected chi connectivity index (χ2v) is 6.53. The lowest BCUT2D eigenvalue weighted by molar-refractivity contribution is -0.200. The van der Waals surface area contributed by atoms with Crippen LogP contribution in [0.15, 0.2) is 51.4 Å². The number of hydrogen-bond donors (Lipinski definition) is 1. The molecule has 25 heavy (non-hydrogen) atoms. The second kappa shape index (κ2) is 6.68. The van der Waals surface area contributed by atoms with Gasteiger partial charge < -0.3 is 9.82 Å². The van der Waals surface area contributed by atoms with E-state index in [-0.39, 0.29) is 11.6 Å². The summed E-state index contributed by atoms with van der Waals surface area (Å²) in [6.07, 6.45) is -5.15. The number of carbonyl (C=O) groups excluding carboxylic acids is 1. The number of nitrogens with zero attached hydrogens (tertiary/aromatic N) is 2. The van der Waals surface area contributed by atoms with Gasteiger partial charge in [-0.05, 0) is 56.1 Å². The van der Waals surface area contributed by atoms with Gasteiger partial charge in [0.1, 0.15) is 5.69 Å². The van der Waals surface area contributed by atoms with Crippen LogP contribution in [0.4, 0.5) is 24.8 Å². The first kappa shape index (κ1) is 17.7. The average Bonchev–Trinajstić information content (AvgIpc) is 2.96. The van der Waals surface area contributed by atoms with E-state index in [9.17, 15) is 18.0 Å². The molecular weight excluding hydrogens is 471 g/mol. The zero-order valence-electron chi connectivity index (χ0n) is 12.1. The Morgan fingerprint density at radius 1 is 1.08 bits per heavy atom. The van der Waals surface area contributed by atoms with Crippen LogP contribution in [0.1, 0.15) is 0 Å². The predicted octanol–water partition coefficient (Wildman–Crippen LogP) is 5.25. The number of anilines is 2. The number of rotatable bonds is 3. The maximum absolute atomic E-state index is 12.7. The van der Waals surface area contributed by atoms with Crippen LogP contribution in [0.25, 0.3) is 11.0 Å². The van der Waals surface area contributed by atoms with Gasteiger partial charge in [-0.15, -0.1) is 5.06 Å². The fraction of sp³-hybridized carbons (Fsp3) is 0.0667. The summed E-state index contributed by atoms with van der Waals surface area (Å²) in [5, 5.41) is 0.698. The number of H-pyrrole nitrogens is 1. The van der Waals surface area contributed by atoms with E-state index >= 15 is 0 Å². The van der Waals surface area contributed by atoms with E-state index in [0.29, 0.717) is 25.0 Å². The molecule has 0 aliphatic heterocycles.